The van der Waals surface area contributed by atoms with Crippen LogP contribution in [0.1, 0.15) is 6.42 Å². The SMILES string of the molecule is O=C(Nc1ccc2ncsc2c1)N1CCCN([C@H]2COC[C@@H]2O)CC1. The summed E-state index contributed by atoms with van der Waals surface area (Å²) >= 11 is 1.56. The van der Waals surface area contributed by atoms with Crippen molar-refractivity contribution in [1.29, 1.82) is 0 Å². The van der Waals surface area contributed by atoms with Crippen LogP contribution in [0.3, 0.4) is 0 Å². The number of thiazole rings is 1. The monoisotopic (exact) mass is 362 g/mol. The lowest BCUT2D eigenvalue weighted by Crippen LogP contribution is -2.45. The van der Waals surface area contributed by atoms with E-state index in [1.807, 2.05) is 23.1 Å². The quantitative estimate of drug-likeness (QED) is 0.848. The van der Waals surface area contributed by atoms with Crippen LogP contribution in [0.15, 0.2) is 23.7 Å². The van der Waals surface area contributed by atoms with E-state index in [1.54, 1.807) is 16.8 Å². The highest BCUT2D eigenvalue weighted by Gasteiger charge is 2.33. The number of aliphatic hydroxyl groups excluding tert-OH is 1. The number of nitrogens with one attached hydrogen (secondary N) is 1. The van der Waals surface area contributed by atoms with Crippen molar-refractivity contribution >= 4 is 33.3 Å². The van der Waals surface area contributed by atoms with Crippen LogP contribution in [0, 0.1) is 0 Å². The molecule has 2 fully saturated rings. The van der Waals surface area contributed by atoms with E-state index in [9.17, 15) is 9.90 Å². The number of amides is 2. The van der Waals surface area contributed by atoms with Crippen molar-refractivity contribution in [2.75, 3.05) is 44.7 Å². The third-order valence-corrected chi connectivity index (χ3v) is 5.68. The minimum atomic E-state index is -0.425. The molecule has 0 unspecified atom stereocenters. The van der Waals surface area contributed by atoms with Crippen LogP contribution >= 0.6 is 11.3 Å². The van der Waals surface area contributed by atoms with Crippen LogP contribution in [0.25, 0.3) is 10.2 Å². The van der Waals surface area contributed by atoms with Crippen LogP contribution in [0.4, 0.5) is 10.5 Å². The van der Waals surface area contributed by atoms with Gasteiger partial charge in [-0.15, -0.1) is 11.3 Å². The minimum absolute atomic E-state index is 0.0525. The van der Waals surface area contributed by atoms with Crippen LogP contribution in [0.2, 0.25) is 0 Å². The van der Waals surface area contributed by atoms with Crippen molar-refractivity contribution in [3.63, 3.8) is 0 Å². The van der Waals surface area contributed by atoms with E-state index in [2.05, 4.69) is 15.2 Å². The fraction of sp³-hybridized carbons (Fsp3) is 0.529. The van der Waals surface area contributed by atoms with Crippen molar-refractivity contribution < 1.29 is 14.6 Å². The van der Waals surface area contributed by atoms with Gasteiger partial charge in [-0.2, -0.15) is 0 Å². The van der Waals surface area contributed by atoms with E-state index >= 15 is 0 Å². The molecule has 8 heteroatoms. The summed E-state index contributed by atoms with van der Waals surface area (Å²) < 4.78 is 6.42. The summed E-state index contributed by atoms with van der Waals surface area (Å²) in [7, 11) is 0. The minimum Gasteiger partial charge on any atom is -0.389 e. The Morgan fingerprint density at radius 3 is 3.04 bits per heavy atom. The highest BCUT2D eigenvalue weighted by Crippen LogP contribution is 2.22. The van der Waals surface area contributed by atoms with Gasteiger partial charge in [0.15, 0.2) is 0 Å². The highest BCUT2D eigenvalue weighted by molar-refractivity contribution is 7.16. The lowest BCUT2D eigenvalue weighted by atomic mass is 10.2. The zero-order valence-electron chi connectivity index (χ0n) is 13.9. The third-order valence-electron chi connectivity index (χ3n) is 4.89. The number of carbonyl (C=O) groups excluding carboxylic acids is 1. The molecule has 2 amide bonds. The normalized spacial score (nSPS) is 25.2. The molecule has 2 aliphatic heterocycles. The summed E-state index contributed by atoms with van der Waals surface area (Å²) in [6.45, 7) is 3.98. The molecule has 2 atom stereocenters. The first-order valence-electron chi connectivity index (χ1n) is 8.60. The van der Waals surface area contributed by atoms with Gasteiger partial charge in [0.25, 0.3) is 0 Å². The van der Waals surface area contributed by atoms with E-state index in [-0.39, 0.29) is 12.1 Å². The zero-order valence-corrected chi connectivity index (χ0v) is 14.7. The standard InChI is InChI=1S/C17H22N4O3S/c22-15-10-24-9-14(15)20-4-1-5-21(7-6-20)17(23)19-12-2-3-13-16(8-12)25-11-18-13/h2-3,8,11,14-15,22H,1,4-7,9-10H2,(H,19,23)/t14-,15-/m0/s1. The molecule has 25 heavy (non-hydrogen) atoms. The number of carbonyl (C=O) groups is 1. The largest absolute Gasteiger partial charge is 0.389 e. The second-order valence-electron chi connectivity index (χ2n) is 6.51. The first kappa shape index (κ1) is 16.7. The third kappa shape index (κ3) is 3.62. The number of hydrogen-bond acceptors (Lipinski definition) is 6. The molecule has 2 N–H and O–H groups in total. The summed E-state index contributed by atoms with van der Waals surface area (Å²) in [5.74, 6) is 0. The van der Waals surface area contributed by atoms with Gasteiger partial charge in [-0.05, 0) is 24.6 Å². The van der Waals surface area contributed by atoms with Gasteiger partial charge in [0.2, 0.25) is 0 Å². The van der Waals surface area contributed by atoms with Crippen molar-refractivity contribution in [2.45, 2.75) is 18.6 Å². The van der Waals surface area contributed by atoms with Crippen LogP contribution in [-0.2, 0) is 4.74 Å². The second-order valence-corrected chi connectivity index (χ2v) is 7.40. The molecule has 2 saturated heterocycles. The number of benzene rings is 1. The number of urea groups is 1. The molecule has 0 aliphatic carbocycles. The molecule has 2 aliphatic rings. The Labute approximate surface area is 150 Å². The van der Waals surface area contributed by atoms with Gasteiger partial charge in [0.05, 0.1) is 41.1 Å². The molecule has 0 radical (unpaired) electrons. The number of anilines is 1. The average Bonchev–Trinajstić information content (AvgIpc) is 3.17. The zero-order chi connectivity index (χ0) is 17.2. The van der Waals surface area contributed by atoms with Crippen molar-refractivity contribution in [3.8, 4) is 0 Å². The lowest BCUT2D eigenvalue weighted by molar-refractivity contribution is 0.0845. The Morgan fingerprint density at radius 2 is 2.20 bits per heavy atom. The average molecular weight is 362 g/mol. The summed E-state index contributed by atoms with van der Waals surface area (Å²) in [6.07, 6.45) is 0.469. The molecule has 134 valence electrons. The van der Waals surface area contributed by atoms with Gasteiger partial charge in [-0.25, -0.2) is 9.78 Å². The van der Waals surface area contributed by atoms with E-state index < -0.39 is 6.10 Å². The lowest BCUT2D eigenvalue weighted by Gasteiger charge is -2.28. The summed E-state index contributed by atoms with van der Waals surface area (Å²) in [6, 6.07) is 5.75. The Balaban J connectivity index is 1.37. The van der Waals surface area contributed by atoms with Gasteiger partial charge in [-0.1, -0.05) is 0 Å². The van der Waals surface area contributed by atoms with Gasteiger partial charge >= 0.3 is 6.03 Å². The number of fused-ring (bicyclic) bond motifs is 1. The predicted octanol–water partition coefficient (Wildman–Crippen LogP) is 1.60. The molecule has 1 aromatic carbocycles. The summed E-state index contributed by atoms with van der Waals surface area (Å²) in [4.78, 5) is 20.9. The number of hydrogen-bond donors (Lipinski definition) is 2. The van der Waals surface area contributed by atoms with Crippen molar-refractivity contribution in [3.05, 3.63) is 23.7 Å². The van der Waals surface area contributed by atoms with Gasteiger partial charge in [0, 0.05) is 31.9 Å². The van der Waals surface area contributed by atoms with Gasteiger partial charge < -0.3 is 20.1 Å². The Morgan fingerprint density at radius 1 is 1.28 bits per heavy atom. The fourth-order valence-electron chi connectivity index (χ4n) is 3.49. The number of rotatable bonds is 2. The molecule has 0 saturated carbocycles. The summed E-state index contributed by atoms with van der Waals surface area (Å²) in [5.41, 5.74) is 3.55. The number of aliphatic hydroxyl groups is 1. The van der Waals surface area contributed by atoms with Crippen LogP contribution in [0.5, 0.6) is 0 Å². The molecule has 0 spiro atoms. The van der Waals surface area contributed by atoms with Crippen molar-refractivity contribution in [2.24, 2.45) is 0 Å². The fourth-order valence-corrected chi connectivity index (χ4v) is 4.20. The molecular weight excluding hydrogens is 340 g/mol. The number of nitrogens with zero attached hydrogens (tertiary/aromatic N) is 3. The highest BCUT2D eigenvalue weighted by atomic mass is 32.1. The smallest absolute Gasteiger partial charge is 0.321 e. The molecule has 0 bridgehead atoms. The van der Waals surface area contributed by atoms with Gasteiger partial charge in [-0.3, -0.25) is 4.90 Å². The molecule has 4 rings (SSSR count). The van der Waals surface area contributed by atoms with E-state index in [0.717, 1.165) is 42.0 Å². The maximum absolute atomic E-state index is 12.6. The first-order chi connectivity index (χ1) is 12.2. The van der Waals surface area contributed by atoms with Crippen molar-refractivity contribution in [1.82, 2.24) is 14.8 Å². The molecule has 1 aromatic heterocycles. The maximum atomic E-state index is 12.6. The maximum Gasteiger partial charge on any atom is 0.321 e. The second kappa shape index (κ2) is 7.25. The number of ether oxygens (including phenoxy) is 1. The van der Waals surface area contributed by atoms with Crippen LogP contribution < -0.4 is 5.32 Å². The topological polar surface area (TPSA) is 77.9 Å². The summed E-state index contributed by atoms with van der Waals surface area (Å²) in [5, 5.41) is 13.0. The molecular formula is C17H22N4O3S. The van der Waals surface area contributed by atoms with E-state index in [4.69, 9.17) is 4.74 Å². The number of aromatic nitrogens is 1. The Kier molecular flexibility index (Phi) is 4.85. The molecule has 7 nitrogen and oxygen atoms in total. The Bertz CT molecular complexity index is 752. The van der Waals surface area contributed by atoms with Gasteiger partial charge in [0.1, 0.15) is 0 Å². The Hall–Kier alpha value is -1.74. The molecule has 2 aromatic rings. The first-order valence-corrected chi connectivity index (χ1v) is 9.48. The van der Waals surface area contributed by atoms with E-state index in [0.29, 0.717) is 19.8 Å². The molecule has 3 heterocycles. The van der Waals surface area contributed by atoms with Crippen LogP contribution in [-0.4, -0.2) is 77.5 Å². The predicted molar refractivity (Wildman–Crippen MR) is 97.0 cm³/mol. The van der Waals surface area contributed by atoms with E-state index in [1.165, 1.54) is 0 Å².